The lowest BCUT2D eigenvalue weighted by atomic mass is 9.90. The van der Waals surface area contributed by atoms with Crippen LogP contribution in [0.1, 0.15) is 31.1 Å². The second-order valence-corrected chi connectivity index (χ2v) is 6.98. The molecule has 2 amide bonds. The Balaban J connectivity index is 2.10. The number of amides is 2. The van der Waals surface area contributed by atoms with Crippen molar-refractivity contribution in [1.82, 2.24) is 5.32 Å². The van der Waals surface area contributed by atoms with Crippen molar-refractivity contribution < 1.29 is 14.2 Å². The Bertz CT molecular complexity index is 697. The van der Waals surface area contributed by atoms with Gasteiger partial charge in [0.1, 0.15) is 12.0 Å². The molecule has 0 unspecified atom stereocenters. The minimum absolute atomic E-state index is 0.0896. The highest BCUT2D eigenvalue weighted by Crippen LogP contribution is 2.27. The number of benzene rings is 1. The minimum Gasteiger partial charge on any atom is -0.308 e. The smallest absolute Gasteiger partial charge is 0.308 e. The van der Waals surface area contributed by atoms with Crippen molar-refractivity contribution in [2.24, 2.45) is 10.5 Å². The zero-order chi connectivity index (χ0) is 17.3. The molecule has 0 radical (unpaired) electrons. The number of hydrogen-bond acceptors (Lipinski definition) is 3. The minimum atomic E-state index is -0.365. The van der Waals surface area contributed by atoms with Gasteiger partial charge in [0.25, 0.3) is 0 Å². The summed E-state index contributed by atoms with van der Waals surface area (Å²) in [7, 11) is 3.80. The number of nitrogens with zero attached hydrogens (tertiary/aromatic N) is 2. The lowest BCUT2D eigenvalue weighted by Gasteiger charge is -2.21. The van der Waals surface area contributed by atoms with E-state index in [1.54, 1.807) is 24.3 Å². The molecule has 0 atom stereocenters. The molecule has 2 rings (SSSR count). The van der Waals surface area contributed by atoms with Gasteiger partial charge in [-0.05, 0) is 12.1 Å². The van der Waals surface area contributed by atoms with Crippen molar-refractivity contribution >= 4 is 23.7 Å². The normalized spacial score (nSPS) is 16.4. The van der Waals surface area contributed by atoms with Gasteiger partial charge in [-0.25, -0.2) is 4.79 Å². The van der Waals surface area contributed by atoms with E-state index in [4.69, 9.17) is 0 Å². The van der Waals surface area contributed by atoms with Crippen LogP contribution in [0, 0.1) is 5.41 Å². The van der Waals surface area contributed by atoms with Crippen LogP contribution < -0.4 is 10.6 Å². The molecule has 1 aliphatic heterocycles. The summed E-state index contributed by atoms with van der Waals surface area (Å²) in [6.07, 6.45) is 2.65. The van der Waals surface area contributed by atoms with Crippen LogP contribution in [0.15, 0.2) is 41.3 Å². The average Bonchev–Trinajstić information content (AvgIpc) is 2.74. The van der Waals surface area contributed by atoms with Crippen LogP contribution >= 0.6 is 0 Å². The highest BCUT2D eigenvalue weighted by Gasteiger charge is 2.35. The van der Waals surface area contributed by atoms with Crippen molar-refractivity contribution in [3.63, 3.8) is 0 Å². The van der Waals surface area contributed by atoms with Crippen LogP contribution in [0.4, 0.5) is 10.5 Å². The number of quaternary nitrogens is 1. The average molecular weight is 315 g/mol. The quantitative estimate of drug-likeness (QED) is 0.665. The van der Waals surface area contributed by atoms with Crippen LogP contribution in [-0.4, -0.2) is 36.7 Å². The molecule has 2 N–H and O–H groups in total. The molecule has 0 aliphatic carbocycles. The fourth-order valence-electron chi connectivity index (χ4n) is 2.15. The summed E-state index contributed by atoms with van der Waals surface area (Å²) in [5.74, 6) is 0.693. The largest absolute Gasteiger partial charge is 0.327 e. The third-order valence-electron chi connectivity index (χ3n) is 3.51. The van der Waals surface area contributed by atoms with Gasteiger partial charge in [-0.1, -0.05) is 38.0 Å². The molecule has 0 spiro atoms. The van der Waals surface area contributed by atoms with Crippen LogP contribution in [0.5, 0.6) is 0 Å². The molecular formula is C17H23N4O2+. The Hall–Kier alpha value is -2.47. The van der Waals surface area contributed by atoms with Gasteiger partial charge in [0.05, 0.1) is 14.1 Å². The van der Waals surface area contributed by atoms with E-state index >= 15 is 0 Å². The molecule has 0 saturated carbocycles. The number of allylic oxidation sites excluding steroid dienone is 1. The predicted octanol–water partition coefficient (Wildman–Crippen LogP) is 2.95. The zero-order valence-electron chi connectivity index (χ0n) is 14.2. The van der Waals surface area contributed by atoms with Crippen LogP contribution in [0.3, 0.4) is 0 Å². The SMILES string of the molecule is CC(C)(C)C1=N[N+](C)(C)C(NC(=O)Nc2cccc(C=O)c2)=C1. The van der Waals surface area contributed by atoms with Crippen molar-refractivity contribution in [3.8, 4) is 0 Å². The van der Waals surface area contributed by atoms with Gasteiger partial charge in [0.2, 0.25) is 5.82 Å². The maximum atomic E-state index is 12.2. The van der Waals surface area contributed by atoms with Crippen LogP contribution in [0.2, 0.25) is 0 Å². The molecule has 1 heterocycles. The van der Waals surface area contributed by atoms with Gasteiger partial charge >= 0.3 is 6.03 Å². The lowest BCUT2D eigenvalue weighted by Crippen LogP contribution is -2.41. The number of aldehydes is 1. The number of nitrogens with one attached hydrogen (secondary N) is 2. The van der Waals surface area contributed by atoms with Gasteiger partial charge < -0.3 is 5.32 Å². The van der Waals surface area contributed by atoms with E-state index in [0.29, 0.717) is 17.1 Å². The van der Waals surface area contributed by atoms with Crippen molar-refractivity contribution in [2.75, 3.05) is 19.4 Å². The summed E-state index contributed by atoms with van der Waals surface area (Å²) in [4.78, 5) is 23.0. The number of carbonyl (C=O) groups is 2. The fourth-order valence-corrected chi connectivity index (χ4v) is 2.15. The van der Waals surface area contributed by atoms with Crippen molar-refractivity contribution in [1.29, 1.82) is 0 Å². The summed E-state index contributed by atoms with van der Waals surface area (Å²) in [6, 6.07) is 6.38. The van der Waals surface area contributed by atoms with E-state index in [0.717, 1.165) is 12.0 Å². The second-order valence-electron chi connectivity index (χ2n) is 6.98. The van der Waals surface area contributed by atoms with Crippen LogP contribution in [0.25, 0.3) is 0 Å². The molecule has 0 bridgehead atoms. The van der Waals surface area contributed by atoms with E-state index in [2.05, 4.69) is 36.5 Å². The maximum Gasteiger partial charge on any atom is 0.327 e. The molecule has 0 aromatic heterocycles. The zero-order valence-corrected chi connectivity index (χ0v) is 14.2. The first kappa shape index (κ1) is 16.9. The predicted molar refractivity (Wildman–Crippen MR) is 91.1 cm³/mol. The van der Waals surface area contributed by atoms with Crippen molar-refractivity contribution in [2.45, 2.75) is 20.8 Å². The topological polar surface area (TPSA) is 70.6 Å². The van der Waals surface area contributed by atoms with E-state index in [9.17, 15) is 9.59 Å². The second kappa shape index (κ2) is 5.96. The van der Waals surface area contributed by atoms with Crippen LogP contribution in [-0.2, 0) is 0 Å². The number of carbonyl (C=O) groups excluding carboxylic acids is 2. The van der Waals surface area contributed by atoms with E-state index in [1.807, 2.05) is 20.2 Å². The van der Waals surface area contributed by atoms with E-state index < -0.39 is 0 Å². The fraction of sp³-hybridized carbons (Fsp3) is 0.353. The molecule has 23 heavy (non-hydrogen) atoms. The third kappa shape index (κ3) is 4.04. The van der Waals surface area contributed by atoms with Gasteiger partial charge in [0, 0.05) is 22.7 Å². The molecule has 6 heteroatoms. The summed E-state index contributed by atoms with van der Waals surface area (Å²) in [5, 5.41) is 10.2. The first-order chi connectivity index (χ1) is 10.6. The Labute approximate surface area is 136 Å². The molecular weight excluding hydrogens is 292 g/mol. The summed E-state index contributed by atoms with van der Waals surface area (Å²) < 4.78 is 0.231. The third-order valence-corrected chi connectivity index (χ3v) is 3.51. The Morgan fingerprint density at radius 3 is 2.48 bits per heavy atom. The van der Waals surface area contributed by atoms with Crippen molar-refractivity contribution in [3.05, 3.63) is 41.7 Å². The highest BCUT2D eigenvalue weighted by atomic mass is 16.2. The highest BCUT2D eigenvalue weighted by molar-refractivity contribution is 6.00. The summed E-state index contributed by atoms with van der Waals surface area (Å²) in [6.45, 7) is 6.24. The Morgan fingerprint density at radius 2 is 1.91 bits per heavy atom. The number of rotatable bonds is 3. The number of urea groups is 1. The Kier molecular flexibility index (Phi) is 4.38. The molecule has 1 aromatic rings. The number of anilines is 1. The molecule has 0 fully saturated rings. The maximum absolute atomic E-state index is 12.2. The first-order valence-electron chi connectivity index (χ1n) is 7.42. The molecule has 1 aromatic carbocycles. The summed E-state index contributed by atoms with van der Waals surface area (Å²) >= 11 is 0. The Morgan fingerprint density at radius 1 is 1.22 bits per heavy atom. The van der Waals surface area contributed by atoms with Gasteiger partial charge in [-0.15, -0.1) is 0 Å². The lowest BCUT2D eigenvalue weighted by molar-refractivity contribution is -0.859. The van der Waals surface area contributed by atoms with E-state index in [1.165, 1.54) is 0 Å². The monoisotopic (exact) mass is 315 g/mol. The standard InChI is InChI=1S/C17H22N4O2/c1-17(2,3)14-10-15(21(4,5)20-14)19-16(23)18-13-8-6-7-12(9-13)11-22/h6-11H,1-5H3,(H-,18,19,20,23)/p+1. The first-order valence-corrected chi connectivity index (χ1v) is 7.42. The molecule has 1 aliphatic rings. The number of hydrogen-bond donors (Lipinski definition) is 2. The van der Waals surface area contributed by atoms with E-state index in [-0.39, 0.29) is 16.0 Å². The molecule has 0 saturated heterocycles. The molecule has 122 valence electrons. The molecule has 6 nitrogen and oxygen atoms in total. The van der Waals surface area contributed by atoms with Gasteiger partial charge in [-0.3, -0.25) is 10.1 Å². The van der Waals surface area contributed by atoms with Gasteiger partial charge in [0.15, 0.2) is 0 Å². The summed E-state index contributed by atoms with van der Waals surface area (Å²) in [5.41, 5.74) is 1.92. The van der Waals surface area contributed by atoms with Gasteiger partial charge in [-0.2, -0.15) is 4.59 Å².